The summed E-state index contributed by atoms with van der Waals surface area (Å²) in [6.45, 7) is -2.32. The lowest BCUT2D eigenvalue weighted by Crippen LogP contribution is -2.36. The molecule has 0 amide bonds. The molecule has 1 spiro atoms. The average Bonchev–Trinajstić information content (AvgIpc) is 2.29. The van der Waals surface area contributed by atoms with Crippen LogP contribution in [-0.2, 0) is 9.47 Å². The molecule has 0 unspecified atom stereocenters. The molecule has 1 saturated carbocycles. The van der Waals surface area contributed by atoms with Crippen molar-refractivity contribution in [3.63, 3.8) is 0 Å². The van der Waals surface area contributed by atoms with E-state index in [1.54, 1.807) is 0 Å². The Labute approximate surface area is 69.8 Å². The Morgan fingerprint density at radius 2 is 2.17 bits per heavy atom. The van der Waals surface area contributed by atoms with Crippen LogP contribution in [0.3, 0.4) is 0 Å². The van der Waals surface area contributed by atoms with E-state index in [0.29, 0.717) is 13.0 Å². The van der Waals surface area contributed by atoms with E-state index in [1.807, 2.05) is 0 Å². The summed E-state index contributed by atoms with van der Waals surface area (Å²) in [4.78, 5) is 0. The van der Waals surface area contributed by atoms with Gasteiger partial charge in [-0.2, -0.15) is 8.78 Å². The topological polar surface area (TPSA) is 18.5 Å². The van der Waals surface area contributed by atoms with Crippen molar-refractivity contribution in [2.45, 2.75) is 44.0 Å². The predicted octanol–water partition coefficient (Wildman–Crippen LogP) is 1.94. The monoisotopic (exact) mass is 178 g/mol. The average molecular weight is 178 g/mol. The number of rotatable bonds is 2. The van der Waals surface area contributed by atoms with E-state index in [1.165, 1.54) is 0 Å². The van der Waals surface area contributed by atoms with Gasteiger partial charge in [-0.1, -0.05) is 0 Å². The van der Waals surface area contributed by atoms with Gasteiger partial charge in [-0.15, -0.1) is 0 Å². The maximum Gasteiger partial charge on any atom is 0.345 e. The first kappa shape index (κ1) is 8.38. The van der Waals surface area contributed by atoms with Crippen LogP contribution in [0.1, 0.15) is 25.7 Å². The van der Waals surface area contributed by atoms with Gasteiger partial charge in [0.25, 0.3) is 0 Å². The molecule has 0 N–H and O–H groups in total. The zero-order valence-corrected chi connectivity index (χ0v) is 6.76. The van der Waals surface area contributed by atoms with E-state index in [-0.39, 0.29) is 11.7 Å². The Morgan fingerprint density at radius 3 is 2.58 bits per heavy atom. The molecule has 0 bridgehead atoms. The molecule has 2 rings (SSSR count). The highest BCUT2D eigenvalue weighted by Gasteiger charge is 2.45. The fourth-order valence-electron chi connectivity index (χ4n) is 1.95. The molecule has 1 aliphatic heterocycles. The third-order valence-corrected chi connectivity index (χ3v) is 2.74. The fourth-order valence-corrected chi connectivity index (χ4v) is 1.95. The first-order valence-corrected chi connectivity index (χ1v) is 4.28. The Kier molecular flexibility index (Phi) is 2.04. The van der Waals surface area contributed by atoms with Crippen molar-refractivity contribution in [1.82, 2.24) is 0 Å². The second kappa shape index (κ2) is 2.92. The van der Waals surface area contributed by atoms with Crippen LogP contribution in [0.25, 0.3) is 0 Å². The van der Waals surface area contributed by atoms with Gasteiger partial charge in [0.2, 0.25) is 0 Å². The molecule has 70 valence electrons. The zero-order valence-electron chi connectivity index (χ0n) is 6.76. The number of halogens is 2. The number of hydrogen-bond donors (Lipinski definition) is 0. The molecule has 2 aliphatic rings. The number of alkyl halides is 2. The summed E-state index contributed by atoms with van der Waals surface area (Å²) in [5.74, 6) is 0. The molecular formula is C8H12F2O2. The summed E-state index contributed by atoms with van der Waals surface area (Å²) < 4.78 is 33.4. The summed E-state index contributed by atoms with van der Waals surface area (Å²) in [7, 11) is 0. The van der Waals surface area contributed by atoms with E-state index in [0.717, 1.165) is 19.3 Å². The van der Waals surface area contributed by atoms with Gasteiger partial charge in [0, 0.05) is 6.42 Å². The molecule has 0 aromatic heterocycles. The van der Waals surface area contributed by atoms with Crippen LogP contribution in [0.4, 0.5) is 8.78 Å². The largest absolute Gasteiger partial charge is 0.372 e. The lowest BCUT2D eigenvalue weighted by Gasteiger charge is -2.36. The van der Waals surface area contributed by atoms with Gasteiger partial charge in [-0.3, -0.25) is 0 Å². The van der Waals surface area contributed by atoms with Crippen LogP contribution < -0.4 is 0 Å². The van der Waals surface area contributed by atoms with E-state index < -0.39 is 6.61 Å². The molecule has 12 heavy (non-hydrogen) atoms. The van der Waals surface area contributed by atoms with Crippen molar-refractivity contribution in [3.8, 4) is 0 Å². The molecule has 4 heteroatoms. The van der Waals surface area contributed by atoms with E-state index in [9.17, 15) is 8.78 Å². The van der Waals surface area contributed by atoms with Crippen LogP contribution in [-0.4, -0.2) is 24.9 Å². The van der Waals surface area contributed by atoms with Gasteiger partial charge in [-0.25, -0.2) is 0 Å². The minimum Gasteiger partial charge on any atom is -0.372 e. The second-order valence-corrected chi connectivity index (χ2v) is 3.57. The molecule has 0 aromatic carbocycles. The Balaban J connectivity index is 1.81. The minimum absolute atomic E-state index is 0.0838. The quantitative estimate of drug-likeness (QED) is 0.643. The number of ether oxygens (including phenoxy) is 2. The Hall–Kier alpha value is -0.220. The summed E-state index contributed by atoms with van der Waals surface area (Å²) in [6, 6.07) is 0. The van der Waals surface area contributed by atoms with Crippen molar-refractivity contribution >= 4 is 0 Å². The lowest BCUT2D eigenvalue weighted by atomic mass is 9.78. The van der Waals surface area contributed by atoms with E-state index in [4.69, 9.17) is 4.74 Å². The van der Waals surface area contributed by atoms with Gasteiger partial charge < -0.3 is 9.47 Å². The van der Waals surface area contributed by atoms with Gasteiger partial charge in [0.05, 0.1) is 18.3 Å². The zero-order chi connectivity index (χ0) is 8.60. The van der Waals surface area contributed by atoms with Crippen LogP contribution in [0.2, 0.25) is 0 Å². The van der Waals surface area contributed by atoms with Gasteiger partial charge in [0.15, 0.2) is 0 Å². The highest BCUT2D eigenvalue weighted by molar-refractivity contribution is 4.96. The highest BCUT2D eigenvalue weighted by atomic mass is 19.3. The highest BCUT2D eigenvalue weighted by Crippen LogP contribution is 2.44. The van der Waals surface area contributed by atoms with Crippen LogP contribution in [0.5, 0.6) is 0 Å². The standard InChI is InChI=1S/C8H12F2O2/c9-7(10)12-6-4-8(11-5-6)2-1-3-8/h6-7H,1-5H2/t6-/m1/s1. The van der Waals surface area contributed by atoms with E-state index >= 15 is 0 Å². The second-order valence-electron chi connectivity index (χ2n) is 3.57. The summed E-state index contributed by atoms with van der Waals surface area (Å²) >= 11 is 0. The first-order valence-electron chi connectivity index (χ1n) is 4.28. The molecule has 1 atom stereocenters. The molecule has 2 nitrogen and oxygen atoms in total. The van der Waals surface area contributed by atoms with Crippen molar-refractivity contribution in [2.75, 3.05) is 6.61 Å². The summed E-state index contributed by atoms with van der Waals surface area (Å²) in [6.07, 6.45) is 3.44. The summed E-state index contributed by atoms with van der Waals surface area (Å²) in [5.41, 5.74) is -0.0838. The van der Waals surface area contributed by atoms with Gasteiger partial charge in [-0.05, 0) is 19.3 Å². The van der Waals surface area contributed by atoms with Gasteiger partial charge >= 0.3 is 6.61 Å². The maximum atomic E-state index is 11.8. The normalized spacial score (nSPS) is 32.8. The third-order valence-electron chi connectivity index (χ3n) is 2.74. The minimum atomic E-state index is -2.66. The molecule has 2 fully saturated rings. The molecule has 0 radical (unpaired) electrons. The van der Waals surface area contributed by atoms with Crippen molar-refractivity contribution < 1.29 is 18.3 Å². The van der Waals surface area contributed by atoms with Crippen LogP contribution in [0.15, 0.2) is 0 Å². The van der Waals surface area contributed by atoms with Crippen molar-refractivity contribution in [2.24, 2.45) is 0 Å². The van der Waals surface area contributed by atoms with E-state index in [2.05, 4.69) is 4.74 Å². The lowest BCUT2D eigenvalue weighted by molar-refractivity contribution is -0.161. The molecule has 1 saturated heterocycles. The van der Waals surface area contributed by atoms with Crippen molar-refractivity contribution in [3.05, 3.63) is 0 Å². The molecule has 1 heterocycles. The van der Waals surface area contributed by atoms with Crippen LogP contribution in [0, 0.1) is 0 Å². The third kappa shape index (κ3) is 1.45. The molecule has 1 aliphatic carbocycles. The van der Waals surface area contributed by atoms with Crippen molar-refractivity contribution in [1.29, 1.82) is 0 Å². The molecular weight excluding hydrogens is 166 g/mol. The maximum absolute atomic E-state index is 11.8. The predicted molar refractivity (Wildman–Crippen MR) is 38.0 cm³/mol. The van der Waals surface area contributed by atoms with Crippen LogP contribution >= 0.6 is 0 Å². The first-order chi connectivity index (χ1) is 5.70. The SMILES string of the molecule is FC(F)O[C@H]1COC2(CCC2)C1. The Morgan fingerprint density at radius 1 is 1.42 bits per heavy atom. The van der Waals surface area contributed by atoms with Gasteiger partial charge in [0.1, 0.15) is 0 Å². The smallest absolute Gasteiger partial charge is 0.345 e. The number of hydrogen-bond acceptors (Lipinski definition) is 2. The fraction of sp³-hybridized carbons (Fsp3) is 1.00. The Bertz CT molecular complexity index is 168. The molecule has 0 aromatic rings. The summed E-state index contributed by atoms with van der Waals surface area (Å²) in [5, 5.41) is 0.